The summed E-state index contributed by atoms with van der Waals surface area (Å²) in [5.41, 5.74) is 0.504. The summed E-state index contributed by atoms with van der Waals surface area (Å²) in [4.78, 5) is 10.9. The summed E-state index contributed by atoms with van der Waals surface area (Å²) in [6.45, 7) is 0. The minimum absolute atomic E-state index is 0.332. The van der Waals surface area contributed by atoms with Crippen molar-refractivity contribution in [1.82, 2.24) is 0 Å². The topological polar surface area (TPSA) is 29.9 Å². The molecule has 1 N–H and O–H groups in total. The molecule has 0 aromatic heterocycles. The van der Waals surface area contributed by atoms with Gasteiger partial charge < -0.3 is 4.74 Å². The standard InChI is InChI=1S/C8H7ClO2/c1-11-8(10)6-2-4-7(9)5-3-6/h2-5,11H,1H2. The average molecular weight is 171 g/mol. The molecular weight excluding hydrogens is 164 g/mol. The van der Waals surface area contributed by atoms with E-state index in [0.29, 0.717) is 10.6 Å². The molecule has 0 aliphatic carbocycles. The van der Waals surface area contributed by atoms with Gasteiger partial charge in [-0.3, -0.25) is 0 Å². The molecular formula is C8H7ClO2. The van der Waals surface area contributed by atoms with Crippen LogP contribution >= 0.6 is 11.6 Å². The van der Waals surface area contributed by atoms with Crippen molar-refractivity contribution >= 4 is 17.6 Å². The van der Waals surface area contributed by atoms with Crippen LogP contribution in [0, 0.1) is 7.11 Å². The molecule has 11 heavy (non-hydrogen) atoms. The van der Waals surface area contributed by atoms with Crippen LogP contribution in [0.3, 0.4) is 0 Å². The third-order valence-electron chi connectivity index (χ3n) is 1.23. The molecule has 0 saturated heterocycles. The third kappa shape index (κ3) is 1.95. The maximum Gasteiger partial charge on any atom is 0.522 e. The van der Waals surface area contributed by atoms with E-state index in [1.54, 1.807) is 24.3 Å². The van der Waals surface area contributed by atoms with Crippen molar-refractivity contribution in [3.05, 3.63) is 42.0 Å². The van der Waals surface area contributed by atoms with Crippen LogP contribution in [-0.4, -0.2) is 10.7 Å². The maximum absolute atomic E-state index is 10.9. The summed E-state index contributed by atoms with van der Waals surface area (Å²) in [7, 11) is 3.13. The van der Waals surface area contributed by atoms with Crippen LogP contribution in [0.1, 0.15) is 10.4 Å². The number of hydrogen-bond donors (Lipinski definition) is 0. The van der Waals surface area contributed by atoms with E-state index >= 15 is 0 Å². The van der Waals surface area contributed by atoms with Gasteiger partial charge in [0.2, 0.25) is 0 Å². The van der Waals surface area contributed by atoms with Gasteiger partial charge in [-0.25, -0.2) is 0 Å². The zero-order valence-corrected chi connectivity index (χ0v) is 6.51. The van der Waals surface area contributed by atoms with Gasteiger partial charge in [0.25, 0.3) is 0 Å². The largest absolute Gasteiger partial charge is 0.691 e. The first-order valence-electron chi connectivity index (χ1n) is 3.00. The van der Waals surface area contributed by atoms with Gasteiger partial charge in [-0.1, -0.05) is 11.6 Å². The van der Waals surface area contributed by atoms with Crippen LogP contribution in [0.2, 0.25) is 5.02 Å². The molecule has 0 aliphatic heterocycles. The Hall–Kier alpha value is -1.02. The molecule has 0 unspecified atom stereocenters. The van der Waals surface area contributed by atoms with Gasteiger partial charge in [0.15, 0.2) is 0 Å². The van der Waals surface area contributed by atoms with Crippen molar-refractivity contribution in [1.29, 1.82) is 0 Å². The monoisotopic (exact) mass is 170 g/mol. The quantitative estimate of drug-likeness (QED) is 0.362. The van der Waals surface area contributed by atoms with Crippen LogP contribution in [0.15, 0.2) is 24.3 Å². The highest BCUT2D eigenvalue weighted by molar-refractivity contribution is 6.30. The van der Waals surface area contributed by atoms with Gasteiger partial charge in [-0.2, -0.15) is 0 Å². The predicted molar refractivity (Wildman–Crippen MR) is 43.8 cm³/mol. The Labute approximate surface area is 69.7 Å². The molecule has 2 nitrogen and oxygen atoms in total. The molecule has 0 spiro atoms. The Kier molecular flexibility index (Phi) is 2.49. The summed E-state index contributed by atoms with van der Waals surface area (Å²) >= 11 is 5.60. The Morgan fingerprint density at radius 1 is 1.36 bits per heavy atom. The molecule has 0 bridgehead atoms. The second kappa shape index (κ2) is 3.39. The summed E-state index contributed by atoms with van der Waals surface area (Å²) in [6, 6.07) is 6.50. The van der Waals surface area contributed by atoms with Crippen molar-refractivity contribution in [3.63, 3.8) is 0 Å². The zero-order valence-electron chi connectivity index (χ0n) is 5.75. The molecule has 0 radical (unpaired) electrons. The normalized spacial score (nSPS) is 9.27. The van der Waals surface area contributed by atoms with Gasteiger partial charge in [0, 0.05) is 9.82 Å². The second-order valence-corrected chi connectivity index (χ2v) is 2.41. The molecule has 0 amide bonds. The summed E-state index contributed by atoms with van der Waals surface area (Å²) in [5, 5.41) is 0.602. The van der Waals surface area contributed by atoms with Gasteiger partial charge >= 0.3 is 5.97 Å². The molecule has 1 aromatic rings. The maximum atomic E-state index is 10.9. The van der Waals surface area contributed by atoms with Gasteiger partial charge in [-0.15, -0.1) is 7.11 Å². The lowest BCUT2D eigenvalue weighted by Crippen LogP contribution is -2.02. The van der Waals surface area contributed by atoms with E-state index in [1.165, 1.54) is 0 Å². The van der Waals surface area contributed by atoms with Crippen molar-refractivity contribution in [2.45, 2.75) is 0 Å². The minimum Gasteiger partial charge on any atom is -0.691 e. The summed E-state index contributed by atoms with van der Waals surface area (Å²) < 4.78 is 3.26. The van der Waals surface area contributed by atoms with Crippen molar-refractivity contribution in [2.75, 3.05) is 0 Å². The fraction of sp³-hybridized carbons (Fsp3) is 0. The molecule has 0 fully saturated rings. The Bertz CT molecular complexity index is 253. The molecule has 0 heterocycles. The van der Waals surface area contributed by atoms with E-state index < -0.39 is 0 Å². The van der Waals surface area contributed by atoms with Crippen molar-refractivity contribution in [3.8, 4) is 0 Å². The number of carbonyl (C=O) groups is 1. The molecule has 3 heteroatoms. The molecule has 1 rings (SSSR count). The van der Waals surface area contributed by atoms with Crippen LogP contribution in [0.25, 0.3) is 0 Å². The summed E-state index contributed by atoms with van der Waals surface area (Å²) in [6.07, 6.45) is 0. The predicted octanol–water partition coefficient (Wildman–Crippen LogP) is 2.37. The Morgan fingerprint density at radius 3 is 2.36 bits per heavy atom. The average Bonchev–Trinajstić information content (AvgIpc) is 2.05. The minimum atomic E-state index is -0.332. The van der Waals surface area contributed by atoms with Crippen LogP contribution in [0.4, 0.5) is 0 Å². The van der Waals surface area contributed by atoms with Crippen molar-refractivity contribution in [2.24, 2.45) is 0 Å². The zero-order chi connectivity index (χ0) is 8.27. The van der Waals surface area contributed by atoms with Crippen LogP contribution in [-0.2, 0) is 0 Å². The number of rotatable bonds is 1. The van der Waals surface area contributed by atoms with Gasteiger partial charge in [-0.05, 0) is 24.3 Å². The fourth-order valence-corrected chi connectivity index (χ4v) is 0.810. The highest BCUT2D eigenvalue weighted by atomic mass is 35.5. The van der Waals surface area contributed by atoms with Gasteiger partial charge in [0.05, 0.1) is 0 Å². The smallest absolute Gasteiger partial charge is 0.522 e. The number of benzene rings is 1. The van der Waals surface area contributed by atoms with E-state index in [0.717, 1.165) is 0 Å². The molecule has 0 saturated carbocycles. The van der Waals surface area contributed by atoms with E-state index in [2.05, 4.69) is 11.8 Å². The highest BCUT2D eigenvalue weighted by Crippen LogP contribution is 2.09. The van der Waals surface area contributed by atoms with Crippen LogP contribution in [0.5, 0.6) is 0 Å². The second-order valence-electron chi connectivity index (χ2n) is 1.97. The Morgan fingerprint density at radius 2 is 1.91 bits per heavy atom. The molecule has 58 valence electrons. The third-order valence-corrected chi connectivity index (χ3v) is 1.49. The van der Waals surface area contributed by atoms with Gasteiger partial charge in [0.1, 0.15) is 5.56 Å². The van der Waals surface area contributed by atoms with E-state index in [1.807, 2.05) is 0 Å². The highest BCUT2D eigenvalue weighted by Gasteiger charge is 2.09. The lowest BCUT2D eigenvalue weighted by molar-refractivity contribution is 0.0289. The van der Waals surface area contributed by atoms with E-state index in [9.17, 15) is 4.79 Å². The van der Waals surface area contributed by atoms with Crippen LogP contribution < -0.4 is 0 Å². The number of aromatic carboxylic acids is 1. The number of ether oxygens (including phenoxy) is 1. The summed E-state index contributed by atoms with van der Waals surface area (Å²) in [5.74, 6) is -0.332. The Balaban J connectivity index is 2.90. The molecule has 0 atom stereocenters. The molecule has 0 aliphatic rings. The first kappa shape index (κ1) is 8.08. The number of aliphatic hydroxyl groups is 1. The number of carboxylic acids is 1. The first-order chi connectivity index (χ1) is 5.24. The SMILES string of the molecule is [CH2-][OH+]C(=O)c1ccc(Cl)cc1. The lowest BCUT2D eigenvalue weighted by atomic mass is 10.2. The van der Waals surface area contributed by atoms with Crippen molar-refractivity contribution < 1.29 is 9.53 Å². The van der Waals surface area contributed by atoms with E-state index in [-0.39, 0.29) is 5.97 Å². The number of halogens is 1. The fourth-order valence-electron chi connectivity index (χ4n) is 0.684. The van der Waals surface area contributed by atoms with E-state index in [4.69, 9.17) is 11.6 Å². The first-order valence-corrected chi connectivity index (χ1v) is 3.38. The molecule has 1 aromatic carbocycles. The number of hydrogen-bond acceptors (Lipinski definition) is 1. The lowest BCUT2D eigenvalue weighted by Gasteiger charge is -1.98.